The van der Waals surface area contributed by atoms with Crippen LogP contribution in [0.3, 0.4) is 0 Å². The van der Waals surface area contributed by atoms with E-state index in [1.54, 1.807) is 0 Å². The molecule has 17 heavy (non-hydrogen) atoms. The number of amides is 1. The number of carbonyl (C=O) groups excluding carboxylic acids is 1. The zero-order valence-electron chi connectivity index (χ0n) is 11.9. The molecule has 0 bridgehead atoms. The monoisotopic (exact) mass is 244 g/mol. The van der Waals surface area contributed by atoms with Crippen LogP contribution in [-0.4, -0.2) is 30.8 Å². The maximum Gasteiger partial charge on any atom is 0.407 e. The number of ether oxygens (including phenoxy) is 1. The summed E-state index contributed by atoms with van der Waals surface area (Å²) >= 11 is 0. The highest BCUT2D eigenvalue weighted by Gasteiger charge is 2.16. The molecule has 4 heteroatoms. The van der Waals surface area contributed by atoms with Crippen molar-refractivity contribution in [3.05, 3.63) is 0 Å². The van der Waals surface area contributed by atoms with Crippen molar-refractivity contribution < 1.29 is 9.53 Å². The summed E-state index contributed by atoms with van der Waals surface area (Å²) < 4.78 is 5.19. The summed E-state index contributed by atoms with van der Waals surface area (Å²) in [5.74, 6) is 0. The Kier molecular flexibility index (Phi) is 7.96. The van der Waals surface area contributed by atoms with Crippen molar-refractivity contribution in [1.29, 1.82) is 0 Å². The Bertz CT molecular complexity index is 212. The fraction of sp³-hybridized carbons (Fsp3) is 0.923. The van der Waals surface area contributed by atoms with E-state index >= 15 is 0 Å². The Morgan fingerprint density at radius 3 is 2.41 bits per heavy atom. The van der Waals surface area contributed by atoms with Gasteiger partial charge in [-0.25, -0.2) is 4.79 Å². The lowest BCUT2D eigenvalue weighted by molar-refractivity contribution is 0.0522. The number of carbonyl (C=O) groups is 1. The number of nitrogens with one attached hydrogen (secondary N) is 2. The van der Waals surface area contributed by atoms with Crippen molar-refractivity contribution in [3.8, 4) is 0 Å². The first-order valence-electron chi connectivity index (χ1n) is 6.59. The molecule has 1 unspecified atom stereocenters. The van der Waals surface area contributed by atoms with Gasteiger partial charge in [0.15, 0.2) is 0 Å². The van der Waals surface area contributed by atoms with Gasteiger partial charge < -0.3 is 15.4 Å². The van der Waals surface area contributed by atoms with Crippen LogP contribution in [0.5, 0.6) is 0 Å². The molecule has 0 aliphatic rings. The van der Waals surface area contributed by atoms with Gasteiger partial charge in [-0.3, -0.25) is 0 Å². The normalized spacial score (nSPS) is 13.2. The number of unbranched alkanes of at least 4 members (excludes halogenated alkanes) is 1. The minimum Gasteiger partial charge on any atom is -0.444 e. The van der Waals surface area contributed by atoms with Crippen LogP contribution >= 0.6 is 0 Å². The van der Waals surface area contributed by atoms with Crippen LogP contribution in [-0.2, 0) is 4.74 Å². The van der Waals surface area contributed by atoms with Crippen LogP contribution in [0.2, 0.25) is 0 Å². The second-order valence-electron chi connectivity index (χ2n) is 5.28. The highest BCUT2D eigenvalue weighted by atomic mass is 16.6. The van der Waals surface area contributed by atoms with Crippen LogP contribution in [0.15, 0.2) is 0 Å². The minimum atomic E-state index is -0.429. The van der Waals surface area contributed by atoms with Crippen molar-refractivity contribution >= 4 is 6.09 Å². The van der Waals surface area contributed by atoms with Gasteiger partial charge >= 0.3 is 6.09 Å². The van der Waals surface area contributed by atoms with Crippen molar-refractivity contribution in [1.82, 2.24) is 10.6 Å². The third-order valence-corrected chi connectivity index (χ3v) is 2.29. The number of rotatable bonds is 7. The second-order valence-corrected chi connectivity index (χ2v) is 5.28. The molecule has 0 aromatic heterocycles. The molecule has 2 N–H and O–H groups in total. The van der Waals surface area contributed by atoms with Crippen molar-refractivity contribution in [2.75, 3.05) is 13.1 Å². The van der Waals surface area contributed by atoms with Crippen molar-refractivity contribution in [2.24, 2.45) is 0 Å². The molecule has 0 aromatic rings. The Labute approximate surface area is 105 Å². The highest BCUT2D eigenvalue weighted by molar-refractivity contribution is 5.67. The summed E-state index contributed by atoms with van der Waals surface area (Å²) in [6.45, 7) is 11.4. The van der Waals surface area contributed by atoms with Gasteiger partial charge in [-0.05, 0) is 33.7 Å². The van der Waals surface area contributed by atoms with E-state index in [0.717, 1.165) is 13.0 Å². The van der Waals surface area contributed by atoms with Gasteiger partial charge in [-0.1, -0.05) is 26.7 Å². The standard InChI is InChI=1S/C13H28N2O2/c1-6-8-9-11(14-7-2)10-15-12(16)17-13(3,4)5/h11,14H,6-10H2,1-5H3,(H,15,16). The maximum absolute atomic E-state index is 11.5. The summed E-state index contributed by atoms with van der Waals surface area (Å²) in [5.41, 5.74) is -0.429. The van der Waals surface area contributed by atoms with Crippen LogP contribution in [0.25, 0.3) is 0 Å². The van der Waals surface area contributed by atoms with Gasteiger partial charge in [0, 0.05) is 12.6 Å². The van der Waals surface area contributed by atoms with Gasteiger partial charge in [-0.15, -0.1) is 0 Å². The molecule has 0 fully saturated rings. The third-order valence-electron chi connectivity index (χ3n) is 2.29. The Balaban J connectivity index is 3.90. The molecular weight excluding hydrogens is 216 g/mol. The van der Waals surface area contributed by atoms with Crippen molar-refractivity contribution in [2.45, 2.75) is 65.5 Å². The lowest BCUT2D eigenvalue weighted by Gasteiger charge is -2.22. The topological polar surface area (TPSA) is 50.4 Å². The summed E-state index contributed by atoms with van der Waals surface area (Å²) in [6, 6.07) is 0.340. The van der Waals surface area contributed by atoms with Crippen molar-refractivity contribution in [3.63, 3.8) is 0 Å². The van der Waals surface area contributed by atoms with Gasteiger partial charge in [-0.2, -0.15) is 0 Å². The average Bonchev–Trinajstić information content (AvgIpc) is 2.19. The van der Waals surface area contributed by atoms with E-state index in [9.17, 15) is 4.79 Å². The van der Waals surface area contributed by atoms with Gasteiger partial charge in [0.2, 0.25) is 0 Å². The molecule has 4 nitrogen and oxygen atoms in total. The first-order chi connectivity index (χ1) is 7.89. The molecule has 0 aliphatic heterocycles. The lowest BCUT2D eigenvalue weighted by atomic mass is 10.1. The Morgan fingerprint density at radius 2 is 1.94 bits per heavy atom. The van der Waals surface area contributed by atoms with Crippen LogP contribution in [0, 0.1) is 0 Å². The molecule has 1 atom stereocenters. The fourth-order valence-corrected chi connectivity index (χ4v) is 1.54. The molecule has 1 amide bonds. The average molecular weight is 244 g/mol. The zero-order chi connectivity index (χ0) is 13.3. The highest BCUT2D eigenvalue weighted by Crippen LogP contribution is 2.06. The zero-order valence-corrected chi connectivity index (χ0v) is 11.9. The molecule has 0 aliphatic carbocycles. The Morgan fingerprint density at radius 1 is 1.29 bits per heavy atom. The summed E-state index contributed by atoms with van der Waals surface area (Å²) in [4.78, 5) is 11.5. The molecule has 0 aromatic carbocycles. The molecule has 0 radical (unpaired) electrons. The quantitative estimate of drug-likeness (QED) is 0.724. The summed E-state index contributed by atoms with van der Waals surface area (Å²) in [5, 5.41) is 6.17. The van der Waals surface area contributed by atoms with E-state index in [4.69, 9.17) is 4.74 Å². The van der Waals surface area contributed by atoms with Gasteiger partial charge in [0.25, 0.3) is 0 Å². The predicted molar refractivity (Wildman–Crippen MR) is 71.2 cm³/mol. The van der Waals surface area contributed by atoms with E-state index in [-0.39, 0.29) is 6.09 Å². The van der Waals surface area contributed by atoms with Gasteiger partial charge in [0.05, 0.1) is 0 Å². The maximum atomic E-state index is 11.5. The first kappa shape index (κ1) is 16.2. The predicted octanol–water partition coefficient (Wildman–Crippen LogP) is 2.68. The van der Waals surface area contributed by atoms with E-state index in [2.05, 4.69) is 24.5 Å². The van der Waals surface area contributed by atoms with Crippen LogP contribution in [0.4, 0.5) is 4.79 Å². The molecule has 0 rings (SSSR count). The van der Waals surface area contributed by atoms with Crippen LogP contribution < -0.4 is 10.6 Å². The minimum absolute atomic E-state index is 0.336. The smallest absolute Gasteiger partial charge is 0.407 e. The van der Waals surface area contributed by atoms with Crippen LogP contribution in [0.1, 0.15) is 53.9 Å². The molecule has 102 valence electrons. The summed E-state index contributed by atoms with van der Waals surface area (Å²) in [6.07, 6.45) is 3.10. The number of hydrogen-bond acceptors (Lipinski definition) is 3. The van der Waals surface area contributed by atoms with E-state index in [1.807, 2.05) is 20.8 Å². The number of hydrogen-bond donors (Lipinski definition) is 2. The third kappa shape index (κ3) is 10.1. The molecular formula is C13H28N2O2. The molecule has 0 heterocycles. The largest absolute Gasteiger partial charge is 0.444 e. The second kappa shape index (κ2) is 8.34. The first-order valence-corrected chi connectivity index (χ1v) is 6.59. The Hall–Kier alpha value is -0.770. The molecule has 0 spiro atoms. The lowest BCUT2D eigenvalue weighted by Crippen LogP contribution is -2.42. The fourth-order valence-electron chi connectivity index (χ4n) is 1.54. The number of alkyl carbamates (subject to hydrolysis) is 1. The molecule has 0 saturated heterocycles. The van der Waals surface area contributed by atoms with E-state index in [1.165, 1.54) is 12.8 Å². The SMILES string of the molecule is CCCCC(CNC(=O)OC(C)(C)C)NCC. The van der Waals surface area contributed by atoms with E-state index in [0.29, 0.717) is 12.6 Å². The number of likely N-dealkylation sites (N-methyl/N-ethyl adjacent to an activating group) is 1. The molecule has 0 saturated carbocycles. The van der Waals surface area contributed by atoms with Gasteiger partial charge in [0.1, 0.15) is 5.60 Å². The summed E-state index contributed by atoms with van der Waals surface area (Å²) in [7, 11) is 0. The van der Waals surface area contributed by atoms with E-state index < -0.39 is 5.60 Å².